The number of alkyl halides is 3. The van der Waals surface area contributed by atoms with Crippen molar-refractivity contribution in [3.63, 3.8) is 0 Å². The standard InChI is InChI=1S/C15H10F3N3O3/c16-15(17,18)24-12-5-2-4-11(7-12)20-9-13-10(8-19-20)3-1-6-14(13)21(22)23/h1-8H,9H2. The molecular weight excluding hydrogens is 327 g/mol. The maximum absolute atomic E-state index is 12.3. The molecule has 0 aromatic heterocycles. The molecular formula is C15H10F3N3O3. The zero-order chi connectivity index (χ0) is 17.3. The number of nitrogens with zero attached hydrogens (tertiary/aromatic N) is 3. The molecule has 0 bridgehead atoms. The minimum Gasteiger partial charge on any atom is -0.406 e. The van der Waals surface area contributed by atoms with Crippen molar-refractivity contribution in [1.29, 1.82) is 0 Å². The Hall–Kier alpha value is -3.10. The van der Waals surface area contributed by atoms with E-state index in [1.165, 1.54) is 35.5 Å². The number of hydrogen-bond donors (Lipinski definition) is 0. The minimum atomic E-state index is -4.80. The lowest BCUT2D eigenvalue weighted by Gasteiger charge is -2.24. The molecule has 0 amide bonds. The third-order valence-corrected chi connectivity index (χ3v) is 3.38. The summed E-state index contributed by atoms with van der Waals surface area (Å²) < 4.78 is 40.8. The van der Waals surface area contributed by atoms with Crippen molar-refractivity contribution in [2.75, 3.05) is 5.01 Å². The van der Waals surface area contributed by atoms with Gasteiger partial charge in [-0.05, 0) is 12.1 Å². The summed E-state index contributed by atoms with van der Waals surface area (Å²) in [4.78, 5) is 10.6. The highest BCUT2D eigenvalue weighted by molar-refractivity contribution is 5.86. The number of nitro groups is 1. The molecule has 0 aliphatic carbocycles. The van der Waals surface area contributed by atoms with Gasteiger partial charge in [-0.25, -0.2) is 0 Å². The van der Waals surface area contributed by atoms with Crippen LogP contribution in [0.2, 0.25) is 0 Å². The second kappa shape index (κ2) is 5.84. The number of nitro benzene ring substituents is 1. The predicted octanol–water partition coefficient (Wildman–Crippen LogP) is 3.85. The Balaban J connectivity index is 1.91. The first-order valence-electron chi connectivity index (χ1n) is 6.77. The SMILES string of the molecule is O=[N+]([O-])c1cccc2c1CN(c1cccc(OC(F)(F)F)c1)N=C2. The van der Waals surface area contributed by atoms with Crippen molar-refractivity contribution in [2.45, 2.75) is 12.9 Å². The maximum atomic E-state index is 12.3. The van der Waals surface area contributed by atoms with Crippen LogP contribution in [-0.4, -0.2) is 17.5 Å². The van der Waals surface area contributed by atoms with E-state index >= 15 is 0 Å². The number of fused-ring (bicyclic) bond motifs is 1. The molecule has 0 fully saturated rings. The van der Waals surface area contributed by atoms with Crippen molar-refractivity contribution in [2.24, 2.45) is 5.10 Å². The lowest BCUT2D eigenvalue weighted by atomic mass is 10.0. The minimum absolute atomic E-state index is 0.0636. The first-order valence-corrected chi connectivity index (χ1v) is 6.77. The van der Waals surface area contributed by atoms with Crippen molar-refractivity contribution in [1.82, 2.24) is 0 Å². The van der Waals surface area contributed by atoms with Crippen molar-refractivity contribution in [3.8, 4) is 5.75 Å². The van der Waals surface area contributed by atoms with E-state index in [4.69, 9.17) is 0 Å². The molecule has 2 aromatic carbocycles. The molecule has 124 valence electrons. The molecule has 24 heavy (non-hydrogen) atoms. The van der Waals surface area contributed by atoms with E-state index in [0.717, 1.165) is 0 Å². The molecule has 0 unspecified atom stereocenters. The fourth-order valence-electron chi connectivity index (χ4n) is 2.38. The maximum Gasteiger partial charge on any atom is 0.573 e. The first-order chi connectivity index (χ1) is 11.3. The summed E-state index contributed by atoms with van der Waals surface area (Å²) in [5.41, 5.74) is 1.31. The van der Waals surface area contributed by atoms with Gasteiger partial charge in [0.25, 0.3) is 5.69 Å². The van der Waals surface area contributed by atoms with E-state index in [1.807, 2.05) is 0 Å². The fraction of sp³-hybridized carbons (Fsp3) is 0.133. The average Bonchev–Trinajstić information content (AvgIpc) is 2.52. The lowest BCUT2D eigenvalue weighted by molar-refractivity contribution is -0.385. The second-order valence-corrected chi connectivity index (χ2v) is 4.95. The Labute approximate surface area is 133 Å². The van der Waals surface area contributed by atoms with E-state index in [2.05, 4.69) is 9.84 Å². The summed E-state index contributed by atoms with van der Waals surface area (Å²) >= 11 is 0. The number of benzene rings is 2. The van der Waals surface area contributed by atoms with Crippen LogP contribution in [0.5, 0.6) is 5.75 Å². The van der Waals surface area contributed by atoms with Crippen LogP contribution in [0.15, 0.2) is 47.6 Å². The molecule has 0 atom stereocenters. The third kappa shape index (κ3) is 3.29. The summed E-state index contributed by atoms with van der Waals surface area (Å²) in [5.74, 6) is -0.386. The Morgan fingerprint density at radius 3 is 2.67 bits per heavy atom. The van der Waals surface area contributed by atoms with Gasteiger partial charge in [-0.1, -0.05) is 18.2 Å². The first kappa shape index (κ1) is 15.8. The van der Waals surface area contributed by atoms with Gasteiger partial charge in [0.05, 0.1) is 28.9 Å². The topological polar surface area (TPSA) is 68.0 Å². The average molecular weight is 337 g/mol. The van der Waals surface area contributed by atoms with Gasteiger partial charge >= 0.3 is 6.36 Å². The zero-order valence-corrected chi connectivity index (χ0v) is 12.0. The van der Waals surface area contributed by atoms with E-state index in [0.29, 0.717) is 16.8 Å². The molecule has 9 heteroatoms. The summed E-state index contributed by atoms with van der Waals surface area (Å²) in [5, 5.41) is 16.6. The van der Waals surface area contributed by atoms with Gasteiger partial charge in [0.2, 0.25) is 0 Å². The van der Waals surface area contributed by atoms with Gasteiger partial charge in [0.1, 0.15) is 5.75 Å². The van der Waals surface area contributed by atoms with E-state index < -0.39 is 11.3 Å². The molecule has 0 spiro atoms. The largest absolute Gasteiger partial charge is 0.573 e. The highest BCUT2D eigenvalue weighted by Crippen LogP contribution is 2.31. The quantitative estimate of drug-likeness (QED) is 0.630. The second-order valence-electron chi connectivity index (χ2n) is 4.95. The number of ether oxygens (including phenoxy) is 1. The van der Waals surface area contributed by atoms with Gasteiger partial charge in [-0.3, -0.25) is 15.1 Å². The van der Waals surface area contributed by atoms with E-state index in [-0.39, 0.29) is 18.0 Å². The lowest BCUT2D eigenvalue weighted by Crippen LogP contribution is -2.22. The Kier molecular flexibility index (Phi) is 3.84. The fourth-order valence-corrected chi connectivity index (χ4v) is 2.38. The number of halogens is 3. The normalized spacial score (nSPS) is 13.5. The van der Waals surface area contributed by atoms with Crippen molar-refractivity contribution < 1.29 is 22.8 Å². The van der Waals surface area contributed by atoms with Crippen LogP contribution in [0.1, 0.15) is 11.1 Å². The van der Waals surface area contributed by atoms with Crippen LogP contribution in [0.25, 0.3) is 0 Å². The number of rotatable bonds is 3. The van der Waals surface area contributed by atoms with Crippen LogP contribution in [-0.2, 0) is 6.54 Å². The Morgan fingerprint density at radius 2 is 1.96 bits per heavy atom. The number of anilines is 1. The number of hydrogen-bond acceptors (Lipinski definition) is 5. The summed E-state index contributed by atoms with van der Waals surface area (Å²) in [6, 6.07) is 9.88. The predicted molar refractivity (Wildman–Crippen MR) is 80.0 cm³/mol. The molecule has 0 radical (unpaired) electrons. The Bertz CT molecular complexity index is 821. The van der Waals surface area contributed by atoms with Crippen molar-refractivity contribution >= 4 is 17.6 Å². The third-order valence-electron chi connectivity index (χ3n) is 3.38. The molecule has 6 nitrogen and oxygen atoms in total. The van der Waals surface area contributed by atoms with Gasteiger partial charge in [-0.2, -0.15) is 5.10 Å². The summed E-state index contributed by atoms with van der Waals surface area (Å²) in [7, 11) is 0. The van der Waals surface area contributed by atoms with E-state index in [1.54, 1.807) is 18.2 Å². The van der Waals surface area contributed by atoms with Crippen LogP contribution in [0.4, 0.5) is 24.5 Å². The highest BCUT2D eigenvalue weighted by atomic mass is 19.4. The Morgan fingerprint density at radius 1 is 1.21 bits per heavy atom. The molecule has 1 aliphatic rings. The molecule has 3 rings (SSSR count). The molecule has 0 N–H and O–H groups in total. The van der Waals surface area contributed by atoms with Gasteiger partial charge in [-0.15, -0.1) is 13.2 Å². The van der Waals surface area contributed by atoms with Gasteiger partial charge < -0.3 is 4.74 Å². The molecule has 1 heterocycles. The van der Waals surface area contributed by atoms with Crippen LogP contribution >= 0.6 is 0 Å². The smallest absolute Gasteiger partial charge is 0.406 e. The molecule has 0 saturated carbocycles. The zero-order valence-electron chi connectivity index (χ0n) is 12.0. The molecule has 2 aromatic rings. The van der Waals surface area contributed by atoms with Gasteiger partial charge in [0.15, 0.2) is 0 Å². The summed E-state index contributed by atoms with van der Waals surface area (Å²) in [6.07, 6.45) is -3.36. The monoisotopic (exact) mass is 337 g/mol. The molecule has 0 saturated heterocycles. The molecule has 1 aliphatic heterocycles. The van der Waals surface area contributed by atoms with E-state index in [9.17, 15) is 23.3 Å². The van der Waals surface area contributed by atoms with Crippen LogP contribution in [0.3, 0.4) is 0 Å². The highest BCUT2D eigenvalue weighted by Gasteiger charge is 2.31. The van der Waals surface area contributed by atoms with Crippen LogP contribution in [0, 0.1) is 10.1 Å². The summed E-state index contributed by atoms with van der Waals surface area (Å²) in [6.45, 7) is 0.0679. The van der Waals surface area contributed by atoms with Gasteiger partial charge in [0, 0.05) is 17.7 Å². The van der Waals surface area contributed by atoms with Crippen LogP contribution < -0.4 is 9.75 Å². The van der Waals surface area contributed by atoms with Crippen molar-refractivity contribution in [3.05, 3.63) is 63.7 Å². The number of hydrazone groups is 1.